The summed E-state index contributed by atoms with van der Waals surface area (Å²) in [4.78, 5) is 3.67. The van der Waals surface area contributed by atoms with Crippen LogP contribution in [0.1, 0.15) is 18.5 Å². The van der Waals surface area contributed by atoms with Gasteiger partial charge in [-0.15, -0.1) is 0 Å². The Labute approximate surface area is 75.0 Å². The van der Waals surface area contributed by atoms with Crippen LogP contribution < -0.4 is 5.32 Å². The standard InChI is InChI=1S/C9H10F2N2/c10-6-3-8(11)9(13-4-6)5-12-7-1-2-7/h3-4,7,12H,1-2,5H2. The largest absolute Gasteiger partial charge is 0.308 e. The van der Waals surface area contributed by atoms with E-state index in [-0.39, 0.29) is 5.69 Å². The Morgan fingerprint density at radius 1 is 1.46 bits per heavy atom. The summed E-state index contributed by atoms with van der Waals surface area (Å²) < 4.78 is 25.4. The lowest BCUT2D eigenvalue weighted by atomic mass is 10.3. The van der Waals surface area contributed by atoms with Crippen molar-refractivity contribution in [1.29, 1.82) is 0 Å². The topological polar surface area (TPSA) is 24.9 Å². The van der Waals surface area contributed by atoms with Crippen molar-refractivity contribution in [3.05, 3.63) is 29.6 Å². The second-order valence-corrected chi connectivity index (χ2v) is 3.24. The molecular weight excluding hydrogens is 174 g/mol. The zero-order valence-corrected chi connectivity index (χ0v) is 7.06. The lowest BCUT2D eigenvalue weighted by Crippen LogP contribution is -2.17. The fraction of sp³-hybridized carbons (Fsp3) is 0.444. The molecule has 1 aliphatic rings. The Morgan fingerprint density at radius 2 is 2.23 bits per heavy atom. The highest BCUT2D eigenvalue weighted by molar-refractivity contribution is 5.08. The zero-order chi connectivity index (χ0) is 9.26. The molecular formula is C9H10F2N2. The van der Waals surface area contributed by atoms with E-state index in [1.54, 1.807) is 0 Å². The van der Waals surface area contributed by atoms with Crippen molar-refractivity contribution in [3.63, 3.8) is 0 Å². The molecule has 1 N–H and O–H groups in total. The molecule has 1 saturated carbocycles. The maximum atomic E-state index is 13.0. The van der Waals surface area contributed by atoms with Gasteiger partial charge in [0.2, 0.25) is 0 Å². The van der Waals surface area contributed by atoms with Gasteiger partial charge in [0.25, 0.3) is 0 Å². The van der Waals surface area contributed by atoms with Crippen LogP contribution in [0.4, 0.5) is 8.78 Å². The Morgan fingerprint density at radius 3 is 2.85 bits per heavy atom. The van der Waals surface area contributed by atoms with Crippen molar-refractivity contribution in [2.45, 2.75) is 25.4 Å². The first kappa shape index (κ1) is 8.56. The van der Waals surface area contributed by atoms with Gasteiger partial charge in [0.1, 0.15) is 11.6 Å². The number of rotatable bonds is 3. The van der Waals surface area contributed by atoms with Crippen molar-refractivity contribution in [2.75, 3.05) is 0 Å². The normalized spacial score (nSPS) is 16.2. The molecule has 4 heteroatoms. The second-order valence-electron chi connectivity index (χ2n) is 3.24. The van der Waals surface area contributed by atoms with Gasteiger partial charge in [-0.25, -0.2) is 8.78 Å². The Balaban J connectivity index is 2.01. The van der Waals surface area contributed by atoms with E-state index in [2.05, 4.69) is 10.3 Å². The van der Waals surface area contributed by atoms with E-state index < -0.39 is 11.6 Å². The number of nitrogens with one attached hydrogen (secondary N) is 1. The first-order valence-corrected chi connectivity index (χ1v) is 4.29. The molecule has 1 aromatic rings. The van der Waals surface area contributed by atoms with Crippen molar-refractivity contribution in [2.24, 2.45) is 0 Å². The van der Waals surface area contributed by atoms with Gasteiger partial charge in [-0.05, 0) is 12.8 Å². The number of nitrogens with zero attached hydrogens (tertiary/aromatic N) is 1. The molecule has 0 aromatic carbocycles. The van der Waals surface area contributed by atoms with Gasteiger partial charge in [-0.1, -0.05) is 0 Å². The van der Waals surface area contributed by atoms with Gasteiger partial charge in [-0.3, -0.25) is 4.98 Å². The van der Waals surface area contributed by atoms with Crippen molar-refractivity contribution >= 4 is 0 Å². The SMILES string of the molecule is Fc1cnc(CNC2CC2)c(F)c1. The molecule has 1 aromatic heterocycles. The summed E-state index contributed by atoms with van der Waals surface area (Å²) in [5, 5.41) is 3.11. The summed E-state index contributed by atoms with van der Waals surface area (Å²) in [7, 11) is 0. The minimum atomic E-state index is -0.632. The molecule has 1 heterocycles. The minimum Gasteiger partial charge on any atom is -0.308 e. The molecule has 0 bridgehead atoms. The van der Waals surface area contributed by atoms with Gasteiger partial charge in [0.05, 0.1) is 11.9 Å². The number of aromatic nitrogens is 1. The smallest absolute Gasteiger partial charge is 0.148 e. The van der Waals surface area contributed by atoms with E-state index in [4.69, 9.17) is 0 Å². The quantitative estimate of drug-likeness (QED) is 0.772. The molecule has 1 aliphatic carbocycles. The van der Waals surface area contributed by atoms with E-state index in [1.807, 2.05) is 0 Å². The average Bonchev–Trinajstić information content (AvgIpc) is 2.86. The second kappa shape index (κ2) is 3.38. The molecule has 2 rings (SSSR count). The number of pyridine rings is 1. The highest BCUT2D eigenvalue weighted by atomic mass is 19.1. The molecule has 0 radical (unpaired) electrons. The molecule has 1 fully saturated rings. The zero-order valence-electron chi connectivity index (χ0n) is 7.06. The van der Waals surface area contributed by atoms with E-state index in [1.165, 1.54) is 0 Å². The van der Waals surface area contributed by atoms with Gasteiger partial charge in [-0.2, -0.15) is 0 Å². The van der Waals surface area contributed by atoms with Crippen LogP contribution in [0.3, 0.4) is 0 Å². The van der Waals surface area contributed by atoms with Gasteiger partial charge in [0, 0.05) is 18.7 Å². The lowest BCUT2D eigenvalue weighted by molar-refractivity contribution is 0.543. The van der Waals surface area contributed by atoms with Crippen LogP contribution >= 0.6 is 0 Å². The Hall–Kier alpha value is -1.03. The van der Waals surface area contributed by atoms with Crippen LogP contribution in [0, 0.1) is 11.6 Å². The van der Waals surface area contributed by atoms with Crippen molar-refractivity contribution in [3.8, 4) is 0 Å². The fourth-order valence-electron chi connectivity index (χ4n) is 1.10. The van der Waals surface area contributed by atoms with E-state index >= 15 is 0 Å². The minimum absolute atomic E-state index is 0.285. The van der Waals surface area contributed by atoms with Crippen LogP contribution in [-0.4, -0.2) is 11.0 Å². The summed E-state index contributed by atoms with van der Waals surface area (Å²) in [6, 6.07) is 1.36. The summed E-state index contributed by atoms with van der Waals surface area (Å²) in [6.07, 6.45) is 3.32. The average molecular weight is 184 g/mol. The predicted molar refractivity (Wildman–Crippen MR) is 44.0 cm³/mol. The molecule has 2 nitrogen and oxygen atoms in total. The molecule has 0 spiro atoms. The first-order valence-electron chi connectivity index (χ1n) is 4.29. The van der Waals surface area contributed by atoms with Crippen LogP contribution in [0.5, 0.6) is 0 Å². The summed E-state index contributed by atoms with van der Waals surface area (Å²) >= 11 is 0. The van der Waals surface area contributed by atoms with Gasteiger partial charge in [0.15, 0.2) is 0 Å². The third-order valence-corrected chi connectivity index (χ3v) is 2.02. The third kappa shape index (κ3) is 2.21. The van der Waals surface area contributed by atoms with Gasteiger partial charge < -0.3 is 5.32 Å². The summed E-state index contributed by atoms with van der Waals surface area (Å²) in [6.45, 7) is 0.386. The van der Waals surface area contributed by atoms with Crippen LogP contribution in [-0.2, 0) is 6.54 Å². The maximum absolute atomic E-state index is 13.0. The number of hydrogen-bond acceptors (Lipinski definition) is 2. The Bertz CT molecular complexity index is 310. The third-order valence-electron chi connectivity index (χ3n) is 2.02. The highest BCUT2D eigenvalue weighted by Gasteiger charge is 2.20. The predicted octanol–water partition coefficient (Wildman–Crippen LogP) is 1.61. The summed E-state index contributed by atoms with van der Waals surface area (Å²) in [5.41, 5.74) is 0.285. The van der Waals surface area contributed by atoms with Crippen LogP contribution in [0.15, 0.2) is 12.3 Å². The number of hydrogen-bond donors (Lipinski definition) is 1. The van der Waals surface area contributed by atoms with Gasteiger partial charge >= 0.3 is 0 Å². The van der Waals surface area contributed by atoms with Crippen molar-refractivity contribution in [1.82, 2.24) is 10.3 Å². The fourth-order valence-corrected chi connectivity index (χ4v) is 1.10. The van der Waals surface area contributed by atoms with Crippen molar-refractivity contribution < 1.29 is 8.78 Å². The molecule has 0 saturated heterocycles. The van der Waals surface area contributed by atoms with Crippen LogP contribution in [0.2, 0.25) is 0 Å². The maximum Gasteiger partial charge on any atom is 0.148 e. The van der Waals surface area contributed by atoms with E-state index in [9.17, 15) is 8.78 Å². The monoisotopic (exact) mass is 184 g/mol. The molecule has 0 amide bonds. The summed E-state index contributed by atoms with van der Waals surface area (Å²) in [5.74, 6) is -1.21. The molecule has 13 heavy (non-hydrogen) atoms. The first-order chi connectivity index (χ1) is 6.25. The number of halogens is 2. The molecule has 70 valence electrons. The Kier molecular flexibility index (Phi) is 2.22. The lowest BCUT2D eigenvalue weighted by Gasteiger charge is -2.02. The van der Waals surface area contributed by atoms with Crippen LogP contribution in [0.25, 0.3) is 0 Å². The highest BCUT2D eigenvalue weighted by Crippen LogP contribution is 2.19. The van der Waals surface area contributed by atoms with E-state index in [0.717, 1.165) is 25.1 Å². The molecule has 0 aliphatic heterocycles. The molecule has 0 atom stereocenters. The molecule has 0 unspecified atom stereocenters. The van der Waals surface area contributed by atoms with E-state index in [0.29, 0.717) is 12.6 Å².